The van der Waals surface area contributed by atoms with Gasteiger partial charge in [0.2, 0.25) is 11.4 Å². The van der Waals surface area contributed by atoms with Gasteiger partial charge >= 0.3 is 5.97 Å². The second-order valence-electron chi connectivity index (χ2n) is 11.8. The van der Waals surface area contributed by atoms with Crippen LogP contribution in [-0.2, 0) is 12.8 Å². The van der Waals surface area contributed by atoms with Crippen molar-refractivity contribution in [2.24, 2.45) is 0 Å². The van der Waals surface area contributed by atoms with Gasteiger partial charge in [0.05, 0.1) is 12.5 Å². The Morgan fingerprint density at radius 2 is 1.93 bits per heavy atom. The van der Waals surface area contributed by atoms with Crippen LogP contribution < -0.4 is 31.3 Å². The van der Waals surface area contributed by atoms with Crippen LogP contribution in [0, 0.1) is 5.82 Å². The lowest BCUT2D eigenvalue weighted by molar-refractivity contribution is 0.0694. The monoisotopic (exact) mass is 616 g/mol. The molecular weight excluding hydrogens is 583 g/mol. The number of hydrogen-bond acceptors (Lipinski definition) is 11. The molecule has 7 rings (SSSR count). The number of nitrogens with zero attached hydrogens (tertiary/aromatic N) is 6. The minimum atomic E-state index is -1.33. The molecule has 13 nitrogen and oxygen atoms in total. The molecule has 3 aromatic heterocycles. The van der Waals surface area contributed by atoms with Crippen molar-refractivity contribution in [2.45, 2.75) is 37.8 Å². The van der Waals surface area contributed by atoms with Gasteiger partial charge in [0.1, 0.15) is 23.1 Å². The summed E-state index contributed by atoms with van der Waals surface area (Å²) in [5.74, 6) is 0.0800. The Kier molecular flexibility index (Phi) is 7.15. The summed E-state index contributed by atoms with van der Waals surface area (Å²) < 4.78 is 29.1. The van der Waals surface area contributed by atoms with Gasteiger partial charge in [0.25, 0.3) is 0 Å². The first-order valence-electron chi connectivity index (χ1n) is 14.9. The highest BCUT2D eigenvalue weighted by Gasteiger charge is 2.32. The number of benzene rings is 1. The molecule has 1 unspecified atom stereocenters. The lowest BCUT2D eigenvalue weighted by atomic mass is 10.0. The highest BCUT2D eigenvalue weighted by atomic mass is 19.1. The van der Waals surface area contributed by atoms with Crippen LogP contribution in [-0.4, -0.2) is 81.4 Å². The summed E-state index contributed by atoms with van der Waals surface area (Å²) in [6.07, 6.45) is 5.86. The number of nitrogen functional groups attached to an aromatic ring is 2. The third-order valence-corrected chi connectivity index (χ3v) is 8.70. The van der Waals surface area contributed by atoms with Crippen molar-refractivity contribution in [3.8, 4) is 11.5 Å². The molecule has 0 spiro atoms. The smallest absolute Gasteiger partial charge is 0.341 e. The molecule has 14 heteroatoms. The second-order valence-corrected chi connectivity index (χ2v) is 11.8. The molecular formula is C31H33FN8O5. The van der Waals surface area contributed by atoms with Crippen molar-refractivity contribution in [1.29, 1.82) is 0 Å². The Morgan fingerprint density at radius 3 is 2.62 bits per heavy atom. The van der Waals surface area contributed by atoms with Gasteiger partial charge in [-0.05, 0) is 30.5 Å². The number of piperazine rings is 1. The number of rotatable bonds is 8. The van der Waals surface area contributed by atoms with E-state index in [4.69, 9.17) is 20.9 Å². The van der Waals surface area contributed by atoms with E-state index in [1.807, 2.05) is 11.0 Å². The Labute approximate surface area is 257 Å². The topological polar surface area (TPSA) is 175 Å². The lowest BCUT2D eigenvalue weighted by Gasteiger charge is -2.36. The standard InChI is InChI=1S/C31H33FN8O5/c1-44-24-10-16(9-18-13-35-31(34)36-27(18)33)8-17-11-20(45-26(17)24)14-38-4-6-39(7-5-38)29-23(32)12-21-25(41)22(30(42)43)15-40(19-2-3-19)28(21)37-29/h8,10,12-13,15,19-20H,2-7,9,11,14H2,1H3,(H,42,43)(H4,33,34,35,36). The molecule has 0 bridgehead atoms. The summed E-state index contributed by atoms with van der Waals surface area (Å²) in [6.45, 7) is 3.10. The summed E-state index contributed by atoms with van der Waals surface area (Å²) in [6, 6.07) is 5.23. The van der Waals surface area contributed by atoms with Crippen LogP contribution in [0.4, 0.5) is 22.0 Å². The Hall–Kier alpha value is -4.98. The summed E-state index contributed by atoms with van der Waals surface area (Å²) in [4.78, 5) is 41.3. The number of nitrogens with two attached hydrogens (primary N) is 2. The molecule has 1 saturated heterocycles. The van der Waals surface area contributed by atoms with Crippen LogP contribution >= 0.6 is 0 Å². The number of methoxy groups -OCH3 is 1. The third-order valence-electron chi connectivity index (χ3n) is 8.70. The molecule has 1 aliphatic carbocycles. The summed E-state index contributed by atoms with van der Waals surface area (Å²) in [7, 11) is 1.62. The fourth-order valence-corrected chi connectivity index (χ4v) is 6.28. The highest BCUT2D eigenvalue weighted by molar-refractivity contribution is 5.92. The van der Waals surface area contributed by atoms with Crippen molar-refractivity contribution in [3.05, 3.63) is 68.9 Å². The molecule has 1 aromatic carbocycles. The number of carboxylic acid groups (broad SMARTS) is 1. The van der Waals surface area contributed by atoms with Crippen molar-refractivity contribution >= 4 is 34.6 Å². The van der Waals surface area contributed by atoms with E-state index < -0.39 is 17.2 Å². The van der Waals surface area contributed by atoms with Gasteiger partial charge < -0.3 is 35.5 Å². The summed E-state index contributed by atoms with van der Waals surface area (Å²) in [5, 5.41) is 9.49. The summed E-state index contributed by atoms with van der Waals surface area (Å²) in [5.41, 5.74) is 13.7. The van der Waals surface area contributed by atoms with E-state index >= 15 is 4.39 Å². The van der Waals surface area contributed by atoms with Crippen LogP contribution in [0.25, 0.3) is 11.0 Å². The maximum atomic E-state index is 15.4. The molecule has 4 aromatic rings. The van der Waals surface area contributed by atoms with Crippen LogP contribution in [0.1, 0.15) is 45.9 Å². The number of halogens is 1. The Balaban J connectivity index is 1.03. The quantitative estimate of drug-likeness (QED) is 0.264. The van der Waals surface area contributed by atoms with E-state index in [1.54, 1.807) is 17.9 Å². The molecule has 0 radical (unpaired) electrons. The van der Waals surface area contributed by atoms with E-state index in [0.29, 0.717) is 62.8 Å². The molecule has 234 valence electrons. The van der Waals surface area contributed by atoms with Gasteiger partial charge in [-0.3, -0.25) is 9.69 Å². The fourth-order valence-electron chi connectivity index (χ4n) is 6.28. The number of carboxylic acids is 1. The first-order chi connectivity index (χ1) is 21.7. The number of fused-ring (bicyclic) bond motifs is 2. The molecule has 0 amide bonds. The molecule has 1 atom stereocenters. The second kappa shape index (κ2) is 11.2. The molecule has 5 heterocycles. The molecule has 5 N–H and O–H groups in total. The number of aromatic carboxylic acids is 1. The van der Waals surface area contributed by atoms with Gasteiger partial charge in [-0.1, -0.05) is 6.07 Å². The number of aromatic nitrogens is 4. The average molecular weight is 617 g/mol. The lowest BCUT2D eigenvalue weighted by Crippen LogP contribution is -2.49. The number of carbonyl (C=O) groups is 1. The van der Waals surface area contributed by atoms with Gasteiger partial charge in [0, 0.05) is 75.1 Å². The average Bonchev–Trinajstić information content (AvgIpc) is 3.78. The SMILES string of the molecule is COc1cc(Cc2cnc(N)nc2N)cc2c1OC(CN1CCN(c3nc4c(cc3F)c(=O)c(C(=O)O)cn4C3CC3)CC1)C2. The van der Waals surface area contributed by atoms with E-state index in [0.717, 1.165) is 41.3 Å². The van der Waals surface area contributed by atoms with E-state index in [9.17, 15) is 14.7 Å². The van der Waals surface area contributed by atoms with Gasteiger partial charge in [0.15, 0.2) is 23.1 Å². The number of pyridine rings is 2. The van der Waals surface area contributed by atoms with Crippen molar-refractivity contribution < 1.29 is 23.8 Å². The minimum absolute atomic E-state index is 0.0107. The normalized spacial score (nSPS) is 18.2. The van der Waals surface area contributed by atoms with Crippen LogP contribution in [0.5, 0.6) is 11.5 Å². The molecule has 2 aliphatic heterocycles. The van der Waals surface area contributed by atoms with Crippen molar-refractivity contribution in [1.82, 2.24) is 24.4 Å². The minimum Gasteiger partial charge on any atom is -0.493 e. The molecule has 3 aliphatic rings. The fraction of sp³-hybridized carbons (Fsp3) is 0.387. The highest BCUT2D eigenvalue weighted by Crippen LogP contribution is 2.40. The molecule has 1 saturated carbocycles. The Morgan fingerprint density at radius 1 is 1.16 bits per heavy atom. The number of anilines is 3. The first kappa shape index (κ1) is 28.8. The van der Waals surface area contributed by atoms with E-state index in [2.05, 4.69) is 25.9 Å². The zero-order chi connectivity index (χ0) is 31.4. The Bertz CT molecular complexity index is 1890. The number of hydrogen-bond donors (Lipinski definition) is 3. The zero-order valence-corrected chi connectivity index (χ0v) is 24.7. The van der Waals surface area contributed by atoms with Gasteiger partial charge in [-0.25, -0.2) is 19.2 Å². The molecule has 45 heavy (non-hydrogen) atoms. The van der Waals surface area contributed by atoms with Crippen LogP contribution in [0.3, 0.4) is 0 Å². The molecule has 2 fully saturated rings. The maximum absolute atomic E-state index is 15.4. The maximum Gasteiger partial charge on any atom is 0.341 e. The first-order valence-corrected chi connectivity index (χ1v) is 14.9. The number of ether oxygens (including phenoxy) is 2. The van der Waals surface area contributed by atoms with Crippen molar-refractivity contribution in [3.63, 3.8) is 0 Å². The summed E-state index contributed by atoms with van der Waals surface area (Å²) >= 11 is 0. The van der Waals surface area contributed by atoms with Crippen molar-refractivity contribution in [2.75, 3.05) is 56.2 Å². The predicted octanol–water partition coefficient (Wildman–Crippen LogP) is 2.25. The van der Waals surface area contributed by atoms with Gasteiger partial charge in [-0.15, -0.1) is 0 Å². The van der Waals surface area contributed by atoms with E-state index in [-0.39, 0.29) is 34.9 Å². The third kappa shape index (κ3) is 5.45. The van der Waals surface area contributed by atoms with E-state index in [1.165, 1.54) is 6.20 Å². The zero-order valence-electron chi connectivity index (χ0n) is 24.7. The largest absolute Gasteiger partial charge is 0.493 e. The van der Waals surface area contributed by atoms with Crippen LogP contribution in [0.15, 0.2) is 35.4 Å². The predicted molar refractivity (Wildman–Crippen MR) is 165 cm³/mol. The van der Waals surface area contributed by atoms with Crippen LogP contribution in [0.2, 0.25) is 0 Å². The van der Waals surface area contributed by atoms with Gasteiger partial charge in [-0.2, -0.15) is 4.98 Å².